The number of anilines is 1. The van der Waals surface area contributed by atoms with Crippen LogP contribution < -0.4 is 4.72 Å². The first-order valence-corrected chi connectivity index (χ1v) is 13.6. The van der Waals surface area contributed by atoms with Crippen LogP contribution in [0.2, 0.25) is 0 Å². The molecule has 5 rings (SSSR count). The number of sulfonamides is 1. The monoisotopic (exact) mass is 516 g/mol. The Balaban J connectivity index is 1.23. The minimum Gasteiger partial charge on any atom is -0.389 e. The second kappa shape index (κ2) is 9.91. The highest BCUT2D eigenvalue weighted by molar-refractivity contribution is 7.93. The molecule has 2 aromatic carbocycles. The molecule has 1 aliphatic rings. The maximum atomic E-state index is 13.1. The number of aryl methyl sites for hydroxylation is 1. The molecule has 3 heterocycles. The van der Waals surface area contributed by atoms with Gasteiger partial charge in [0.15, 0.2) is 0 Å². The highest BCUT2D eigenvalue weighted by Crippen LogP contribution is 2.28. The third-order valence-electron chi connectivity index (χ3n) is 6.71. The Hall–Kier alpha value is -3.82. The second-order valence-corrected chi connectivity index (χ2v) is 11.1. The fraction of sp³-hybridized carbons (Fsp3) is 0.250. The summed E-state index contributed by atoms with van der Waals surface area (Å²) in [6.07, 6.45) is 2.94. The SMILES string of the molecule is Cc1cccc(CC2(O)CCN(C(=O)c3ccc(NS(=O)(=O)c4cccc5cccnc45)cc3)CC2)n1. The normalized spacial score (nSPS) is 15.5. The predicted molar refractivity (Wildman–Crippen MR) is 142 cm³/mol. The Morgan fingerprint density at radius 1 is 1.00 bits per heavy atom. The van der Waals surface area contributed by atoms with Gasteiger partial charge in [0, 0.05) is 53.7 Å². The van der Waals surface area contributed by atoms with Crippen molar-refractivity contribution in [2.24, 2.45) is 0 Å². The molecule has 1 fully saturated rings. The lowest BCUT2D eigenvalue weighted by molar-refractivity contribution is -0.0168. The summed E-state index contributed by atoms with van der Waals surface area (Å²) in [6.45, 7) is 2.79. The van der Waals surface area contributed by atoms with Crippen molar-refractivity contribution < 1.29 is 18.3 Å². The van der Waals surface area contributed by atoms with Crippen molar-refractivity contribution >= 4 is 32.5 Å². The molecule has 190 valence electrons. The Morgan fingerprint density at radius 3 is 2.43 bits per heavy atom. The Morgan fingerprint density at radius 2 is 1.70 bits per heavy atom. The topological polar surface area (TPSA) is 112 Å². The van der Waals surface area contributed by atoms with E-state index in [1.54, 1.807) is 47.5 Å². The van der Waals surface area contributed by atoms with Crippen LogP contribution in [0.3, 0.4) is 0 Å². The number of nitrogens with zero attached hydrogens (tertiary/aromatic N) is 3. The molecule has 0 bridgehead atoms. The van der Waals surface area contributed by atoms with Gasteiger partial charge in [-0.15, -0.1) is 0 Å². The molecule has 0 radical (unpaired) electrons. The van der Waals surface area contributed by atoms with Crippen LogP contribution in [-0.4, -0.2) is 53.0 Å². The summed E-state index contributed by atoms with van der Waals surface area (Å²) in [5.41, 5.74) is 2.07. The predicted octanol–water partition coefficient (Wildman–Crippen LogP) is 3.95. The number of aromatic nitrogens is 2. The quantitative estimate of drug-likeness (QED) is 0.401. The van der Waals surface area contributed by atoms with Gasteiger partial charge in [0.05, 0.1) is 11.1 Å². The van der Waals surface area contributed by atoms with Crippen LogP contribution >= 0.6 is 0 Å². The number of rotatable bonds is 6. The van der Waals surface area contributed by atoms with Crippen molar-refractivity contribution in [2.75, 3.05) is 17.8 Å². The van der Waals surface area contributed by atoms with E-state index in [0.29, 0.717) is 49.1 Å². The molecule has 2 N–H and O–H groups in total. The van der Waals surface area contributed by atoms with Crippen LogP contribution in [0.4, 0.5) is 5.69 Å². The molecule has 9 heteroatoms. The van der Waals surface area contributed by atoms with Gasteiger partial charge in [-0.05, 0) is 68.3 Å². The molecule has 1 amide bonds. The number of fused-ring (bicyclic) bond motifs is 1. The molecule has 2 aromatic heterocycles. The maximum absolute atomic E-state index is 13.1. The van der Waals surface area contributed by atoms with Gasteiger partial charge in [0.1, 0.15) is 4.90 Å². The summed E-state index contributed by atoms with van der Waals surface area (Å²) in [5.74, 6) is -0.150. The van der Waals surface area contributed by atoms with Gasteiger partial charge < -0.3 is 10.0 Å². The van der Waals surface area contributed by atoms with Crippen molar-refractivity contribution in [3.8, 4) is 0 Å². The molecule has 0 spiro atoms. The minimum atomic E-state index is -3.88. The first kappa shape index (κ1) is 24.9. The third-order valence-corrected chi connectivity index (χ3v) is 8.12. The van der Waals surface area contributed by atoms with E-state index in [1.165, 1.54) is 6.07 Å². The highest BCUT2D eigenvalue weighted by atomic mass is 32.2. The van der Waals surface area contributed by atoms with Crippen LogP contribution in [0.25, 0.3) is 10.9 Å². The average Bonchev–Trinajstić information content (AvgIpc) is 2.88. The molecular formula is C28H28N4O4S. The zero-order valence-electron chi connectivity index (χ0n) is 20.5. The number of carbonyl (C=O) groups is 1. The van der Waals surface area contributed by atoms with Crippen molar-refractivity contribution in [1.29, 1.82) is 0 Å². The summed E-state index contributed by atoms with van der Waals surface area (Å²) in [6, 6.07) is 20.7. The molecule has 8 nitrogen and oxygen atoms in total. The number of amides is 1. The van der Waals surface area contributed by atoms with Gasteiger partial charge in [0.25, 0.3) is 15.9 Å². The van der Waals surface area contributed by atoms with Crippen LogP contribution in [0.5, 0.6) is 0 Å². The van der Waals surface area contributed by atoms with Gasteiger partial charge in [-0.2, -0.15) is 0 Å². The number of hydrogen-bond acceptors (Lipinski definition) is 6. The number of pyridine rings is 2. The lowest BCUT2D eigenvalue weighted by Crippen LogP contribution is -2.47. The van der Waals surface area contributed by atoms with Crippen LogP contribution in [0.15, 0.2) is 83.9 Å². The van der Waals surface area contributed by atoms with E-state index >= 15 is 0 Å². The van der Waals surface area contributed by atoms with E-state index in [-0.39, 0.29) is 10.8 Å². The van der Waals surface area contributed by atoms with Crippen LogP contribution in [0, 0.1) is 6.92 Å². The molecule has 0 saturated carbocycles. The van der Waals surface area contributed by atoms with Gasteiger partial charge in [-0.1, -0.05) is 24.3 Å². The number of carbonyl (C=O) groups excluding carboxylic acids is 1. The largest absolute Gasteiger partial charge is 0.389 e. The van der Waals surface area contributed by atoms with E-state index in [2.05, 4.69) is 14.7 Å². The average molecular weight is 517 g/mol. The van der Waals surface area contributed by atoms with Gasteiger partial charge in [-0.25, -0.2) is 8.42 Å². The summed E-state index contributed by atoms with van der Waals surface area (Å²) < 4.78 is 28.7. The fourth-order valence-electron chi connectivity index (χ4n) is 4.70. The molecule has 0 aliphatic carbocycles. The van der Waals surface area contributed by atoms with Gasteiger partial charge >= 0.3 is 0 Å². The molecule has 0 unspecified atom stereocenters. The number of benzene rings is 2. The van der Waals surface area contributed by atoms with Crippen molar-refractivity contribution in [3.05, 3.63) is 95.9 Å². The van der Waals surface area contributed by atoms with Gasteiger partial charge in [0.2, 0.25) is 0 Å². The summed E-state index contributed by atoms with van der Waals surface area (Å²) >= 11 is 0. The number of piperidine rings is 1. The number of aliphatic hydroxyl groups is 1. The first-order chi connectivity index (χ1) is 17.7. The number of hydrogen-bond donors (Lipinski definition) is 2. The molecule has 37 heavy (non-hydrogen) atoms. The zero-order valence-corrected chi connectivity index (χ0v) is 21.3. The smallest absolute Gasteiger partial charge is 0.264 e. The van der Waals surface area contributed by atoms with Crippen molar-refractivity contribution in [2.45, 2.75) is 36.7 Å². The van der Waals surface area contributed by atoms with E-state index in [1.807, 2.05) is 37.3 Å². The molecule has 4 aromatic rings. The van der Waals surface area contributed by atoms with E-state index < -0.39 is 15.6 Å². The molecular weight excluding hydrogens is 488 g/mol. The van der Waals surface area contributed by atoms with Crippen LogP contribution in [-0.2, 0) is 16.4 Å². The van der Waals surface area contributed by atoms with Gasteiger partial charge in [-0.3, -0.25) is 19.5 Å². The zero-order chi connectivity index (χ0) is 26.0. The third kappa shape index (κ3) is 5.47. The van der Waals surface area contributed by atoms with Crippen LogP contribution in [0.1, 0.15) is 34.6 Å². The maximum Gasteiger partial charge on any atom is 0.264 e. The van der Waals surface area contributed by atoms with Crippen molar-refractivity contribution in [3.63, 3.8) is 0 Å². The Kier molecular flexibility index (Phi) is 6.66. The van der Waals surface area contributed by atoms with Crippen molar-refractivity contribution in [1.82, 2.24) is 14.9 Å². The highest BCUT2D eigenvalue weighted by Gasteiger charge is 2.34. The lowest BCUT2D eigenvalue weighted by atomic mass is 9.86. The number of para-hydroxylation sites is 1. The number of likely N-dealkylation sites (tertiary alicyclic amines) is 1. The molecule has 1 aliphatic heterocycles. The molecule has 1 saturated heterocycles. The van der Waals surface area contributed by atoms with E-state index in [0.717, 1.165) is 16.8 Å². The Bertz CT molecular complexity index is 1540. The minimum absolute atomic E-state index is 0.0902. The summed E-state index contributed by atoms with van der Waals surface area (Å²) in [4.78, 5) is 23.6. The number of nitrogens with one attached hydrogen (secondary N) is 1. The fourth-order valence-corrected chi connectivity index (χ4v) is 5.94. The van der Waals surface area contributed by atoms with E-state index in [4.69, 9.17) is 0 Å². The van der Waals surface area contributed by atoms with E-state index in [9.17, 15) is 18.3 Å². The Labute approximate surface area is 216 Å². The first-order valence-electron chi connectivity index (χ1n) is 12.1. The standard InChI is InChI=1S/C28H28N4O4S/c1-20-5-2-8-24(30-20)19-28(34)14-17-32(18-15-28)27(33)22-10-12-23(13-11-22)31-37(35,36)25-9-3-6-21-7-4-16-29-26(21)25/h2-13,16,31,34H,14-15,17-19H2,1H3. The second-order valence-electron chi connectivity index (χ2n) is 9.48. The summed E-state index contributed by atoms with van der Waals surface area (Å²) in [5, 5.41) is 11.8. The molecule has 0 atom stereocenters. The summed E-state index contributed by atoms with van der Waals surface area (Å²) in [7, 11) is -3.88. The lowest BCUT2D eigenvalue weighted by Gasteiger charge is -2.38.